The van der Waals surface area contributed by atoms with Crippen molar-refractivity contribution in [2.24, 2.45) is 0 Å². The summed E-state index contributed by atoms with van der Waals surface area (Å²) in [5.74, 6) is -1.47. The van der Waals surface area contributed by atoms with Crippen LogP contribution in [0.4, 0.5) is 18.9 Å². The molecule has 1 aromatic carbocycles. The van der Waals surface area contributed by atoms with Crippen LogP contribution in [0.1, 0.15) is 23.0 Å². The number of H-pyrrole nitrogens is 1. The van der Waals surface area contributed by atoms with Crippen molar-refractivity contribution in [3.63, 3.8) is 0 Å². The number of amides is 1. The number of aromatic amines is 1. The molecule has 23 heavy (non-hydrogen) atoms. The van der Waals surface area contributed by atoms with Crippen LogP contribution in [0.3, 0.4) is 0 Å². The molecule has 1 atom stereocenters. The Hall–Kier alpha value is -2.77. The number of carbonyl (C=O) groups is 2. The molecule has 2 aromatic rings. The second-order valence-electron chi connectivity index (χ2n) is 4.70. The van der Waals surface area contributed by atoms with E-state index >= 15 is 0 Å². The summed E-state index contributed by atoms with van der Waals surface area (Å²) in [6.07, 6.45) is -4.16. The average Bonchev–Trinajstić information content (AvgIpc) is 3.00. The van der Waals surface area contributed by atoms with Crippen molar-refractivity contribution in [3.05, 3.63) is 53.9 Å². The number of nitrogens with one attached hydrogen (secondary N) is 2. The van der Waals surface area contributed by atoms with Gasteiger partial charge in [-0.05, 0) is 37.3 Å². The third kappa shape index (κ3) is 4.35. The summed E-state index contributed by atoms with van der Waals surface area (Å²) in [6.45, 7) is 1.32. The molecule has 0 unspecified atom stereocenters. The highest BCUT2D eigenvalue weighted by molar-refractivity contribution is 5.96. The lowest BCUT2D eigenvalue weighted by Crippen LogP contribution is -2.30. The Morgan fingerprint density at radius 3 is 2.57 bits per heavy atom. The van der Waals surface area contributed by atoms with Gasteiger partial charge in [0.15, 0.2) is 6.10 Å². The molecular formula is C15H13F3N2O3. The monoisotopic (exact) mass is 326 g/mol. The first-order valence-electron chi connectivity index (χ1n) is 6.60. The number of rotatable bonds is 4. The predicted octanol–water partition coefficient (Wildman–Crippen LogP) is 3.22. The van der Waals surface area contributed by atoms with Crippen LogP contribution in [-0.4, -0.2) is 23.0 Å². The van der Waals surface area contributed by atoms with Crippen LogP contribution in [0.15, 0.2) is 42.6 Å². The van der Waals surface area contributed by atoms with E-state index in [0.29, 0.717) is 0 Å². The highest BCUT2D eigenvalue weighted by atomic mass is 19.4. The Morgan fingerprint density at radius 1 is 1.22 bits per heavy atom. The fourth-order valence-electron chi connectivity index (χ4n) is 1.75. The summed E-state index contributed by atoms with van der Waals surface area (Å²) in [7, 11) is 0. The van der Waals surface area contributed by atoms with Gasteiger partial charge in [-0.2, -0.15) is 13.2 Å². The maximum atomic E-state index is 12.6. The minimum atomic E-state index is -4.51. The van der Waals surface area contributed by atoms with Crippen LogP contribution in [0.25, 0.3) is 0 Å². The molecule has 1 aromatic heterocycles. The van der Waals surface area contributed by atoms with Crippen molar-refractivity contribution in [1.82, 2.24) is 4.98 Å². The van der Waals surface area contributed by atoms with Crippen molar-refractivity contribution in [2.45, 2.75) is 19.2 Å². The van der Waals surface area contributed by atoms with Crippen molar-refractivity contribution in [1.29, 1.82) is 0 Å². The molecule has 0 aliphatic heterocycles. The lowest BCUT2D eigenvalue weighted by Gasteiger charge is -2.14. The summed E-state index contributed by atoms with van der Waals surface area (Å²) >= 11 is 0. The van der Waals surface area contributed by atoms with Crippen molar-refractivity contribution >= 4 is 17.6 Å². The fraction of sp³-hybridized carbons (Fsp3) is 0.200. The molecule has 1 amide bonds. The fourth-order valence-corrected chi connectivity index (χ4v) is 1.75. The molecular weight excluding hydrogens is 313 g/mol. The first-order chi connectivity index (χ1) is 10.8. The molecule has 0 spiro atoms. The van der Waals surface area contributed by atoms with Crippen LogP contribution < -0.4 is 5.32 Å². The molecule has 8 heteroatoms. The van der Waals surface area contributed by atoms with Gasteiger partial charge in [0.1, 0.15) is 5.69 Å². The summed E-state index contributed by atoms with van der Waals surface area (Å²) in [5, 5.41) is 2.28. The Morgan fingerprint density at radius 2 is 1.96 bits per heavy atom. The van der Waals surface area contributed by atoms with Crippen LogP contribution in [0, 0.1) is 0 Å². The summed E-state index contributed by atoms with van der Waals surface area (Å²) in [5.41, 5.74) is -0.748. The molecule has 0 bridgehead atoms. The molecule has 0 saturated heterocycles. The van der Waals surface area contributed by atoms with Crippen molar-refractivity contribution in [3.8, 4) is 0 Å². The van der Waals surface area contributed by atoms with E-state index in [1.807, 2.05) is 0 Å². The number of halogens is 3. The van der Waals surface area contributed by atoms with Gasteiger partial charge in [-0.15, -0.1) is 0 Å². The zero-order valence-electron chi connectivity index (χ0n) is 12.0. The molecule has 5 nitrogen and oxygen atoms in total. The Balaban J connectivity index is 2.00. The van der Waals surface area contributed by atoms with Crippen molar-refractivity contribution in [2.75, 3.05) is 5.32 Å². The lowest BCUT2D eigenvalue weighted by molar-refractivity contribution is -0.137. The average molecular weight is 326 g/mol. The van der Waals surface area contributed by atoms with E-state index in [1.165, 1.54) is 31.3 Å². The number of carbonyl (C=O) groups excluding carboxylic acids is 2. The normalized spacial score (nSPS) is 12.5. The summed E-state index contributed by atoms with van der Waals surface area (Å²) < 4.78 is 42.7. The second-order valence-corrected chi connectivity index (χ2v) is 4.70. The van der Waals surface area contributed by atoms with Gasteiger partial charge in [0.2, 0.25) is 0 Å². The molecule has 0 fully saturated rings. The number of anilines is 1. The zero-order valence-corrected chi connectivity index (χ0v) is 12.0. The standard InChI is InChI=1S/C15H13F3N2O3/c1-9(23-14(22)12-6-3-7-19-12)13(21)20-11-5-2-4-10(8-11)15(16,17)18/h2-9,19H,1H3,(H,20,21)/t9-/m0/s1. The minimum Gasteiger partial charge on any atom is -0.448 e. The highest BCUT2D eigenvalue weighted by Crippen LogP contribution is 2.30. The van der Waals surface area contributed by atoms with Gasteiger partial charge in [0.25, 0.3) is 5.91 Å². The highest BCUT2D eigenvalue weighted by Gasteiger charge is 2.30. The van der Waals surface area contributed by atoms with E-state index in [-0.39, 0.29) is 11.4 Å². The Bertz CT molecular complexity index is 696. The molecule has 0 radical (unpaired) electrons. The SMILES string of the molecule is C[C@H](OC(=O)c1ccc[nH]1)C(=O)Nc1cccc(C(F)(F)F)c1. The van der Waals surface area contributed by atoms with E-state index < -0.39 is 29.7 Å². The second kappa shape index (κ2) is 6.55. The largest absolute Gasteiger partial charge is 0.448 e. The summed E-state index contributed by atoms with van der Waals surface area (Å²) in [4.78, 5) is 26.2. The van der Waals surface area contributed by atoms with Crippen molar-refractivity contribution < 1.29 is 27.5 Å². The molecule has 122 valence electrons. The van der Waals surface area contributed by atoms with Crippen LogP contribution in [0.2, 0.25) is 0 Å². The number of hydrogen-bond donors (Lipinski definition) is 2. The molecule has 2 N–H and O–H groups in total. The molecule has 0 aliphatic rings. The Kier molecular flexibility index (Phi) is 4.73. The quantitative estimate of drug-likeness (QED) is 0.848. The number of hydrogen-bond acceptors (Lipinski definition) is 3. The van der Waals surface area contributed by atoms with Gasteiger partial charge in [0, 0.05) is 11.9 Å². The number of esters is 1. The van der Waals surface area contributed by atoms with E-state index in [1.54, 1.807) is 6.07 Å². The number of aromatic nitrogens is 1. The van der Waals surface area contributed by atoms with Crippen LogP contribution in [0.5, 0.6) is 0 Å². The molecule has 1 heterocycles. The van der Waals surface area contributed by atoms with Gasteiger partial charge in [-0.3, -0.25) is 4.79 Å². The number of alkyl halides is 3. The lowest BCUT2D eigenvalue weighted by atomic mass is 10.2. The Labute approximate surface area is 129 Å². The van der Waals surface area contributed by atoms with E-state index in [0.717, 1.165) is 12.1 Å². The van der Waals surface area contributed by atoms with Gasteiger partial charge in [0.05, 0.1) is 5.56 Å². The number of ether oxygens (including phenoxy) is 1. The van der Waals surface area contributed by atoms with Gasteiger partial charge >= 0.3 is 12.1 Å². The number of benzene rings is 1. The summed E-state index contributed by atoms with van der Waals surface area (Å²) in [6, 6.07) is 7.24. The maximum absolute atomic E-state index is 12.6. The van der Waals surface area contributed by atoms with E-state index in [2.05, 4.69) is 10.3 Å². The third-order valence-electron chi connectivity index (χ3n) is 2.93. The topological polar surface area (TPSA) is 71.2 Å². The first kappa shape index (κ1) is 16.6. The van der Waals surface area contributed by atoms with Gasteiger partial charge in [-0.1, -0.05) is 6.07 Å². The zero-order chi connectivity index (χ0) is 17.0. The van der Waals surface area contributed by atoms with Gasteiger partial charge < -0.3 is 15.0 Å². The molecule has 0 aliphatic carbocycles. The maximum Gasteiger partial charge on any atom is 0.416 e. The molecule has 2 rings (SSSR count). The first-order valence-corrected chi connectivity index (χ1v) is 6.60. The van der Waals surface area contributed by atoms with Crippen LogP contribution in [-0.2, 0) is 15.7 Å². The van der Waals surface area contributed by atoms with Crippen LogP contribution >= 0.6 is 0 Å². The predicted molar refractivity (Wildman–Crippen MR) is 75.7 cm³/mol. The third-order valence-corrected chi connectivity index (χ3v) is 2.93. The van der Waals surface area contributed by atoms with E-state index in [9.17, 15) is 22.8 Å². The van der Waals surface area contributed by atoms with Gasteiger partial charge in [-0.25, -0.2) is 4.79 Å². The van der Waals surface area contributed by atoms with E-state index in [4.69, 9.17) is 4.74 Å². The minimum absolute atomic E-state index is 0.0346. The smallest absolute Gasteiger partial charge is 0.416 e. The molecule has 0 saturated carbocycles.